The van der Waals surface area contributed by atoms with Gasteiger partial charge in [-0.1, -0.05) is 17.8 Å². The second-order valence-electron chi connectivity index (χ2n) is 33.5. The summed E-state index contributed by atoms with van der Waals surface area (Å²) in [7, 11) is 1.62. The van der Waals surface area contributed by atoms with Gasteiger partial charge < -0.3 is 62.2 Å². The number of hydrogen-bond acceptors (Lipinski definition) is 28. The van der Waals surface area contributed by atoms with E-state index in [-0.39, 0.29) is 30.0 Å². The molecule has 4 aliphatic heterocycles. The summed E-state index contributed by atoms with van der Waals surface area (Å²) in [6, 6.07) is 48.1. The van der Waals surface area contributed by atoms with Gasteiger partial charge in [0.15, 0.2) is 0 Å². The van der Waals surface area contributed by atoms with Crippen LogP contribution in [-0.2, 0) is 0 Å². The fraction of sp³-hybridized carbons (Fsp3) is 0.264. The normalized spacial score (nSPS) is 13.8. The van der Waals surface area contributed by atoms with Crippen molar-refractivity contribution >= 4 is 45.3 Å². The van der Waals surface area contributed by atoms with Crippen LogP contribution in [0.5, 0.6) is 51.9 Å². The Morgan fingerprint density at radius 3 is 0.993 bits per heavy atom. The van der Waals surface area contributed by atoms with Crippen molar-refractivity contribution in [2.24, 2.45) is 0 Å². The zero-order chi connectivity index (χ0) is 99.2. The molecule has 0 amide bonds. The number of terminal acetylenes is 4. The summed E-state index contributed by atoms with van der Waals surface area (Å²) in [5.41, 5.74) is 14.0. The van der Waals surface area contributed by atoms with E-state index in [2.05, 4.69) is 103 Å². The highest BCUT2D eigenvalue weighted by molar-refractivity contribution is 5.89. The SMILES string of the molecule is C#Cc1cc(OC)cc(OC2CCN(c3ccc(-c4cc(OCC)cn5ncc(C#N)c45)cn3)CC2)c1.C#Cc1cc(OC2CCN(c3ccc(-c4cc(OCC)cn5ncc(C#N)c45)cn3)CC2)ccc1F.C#Cc1cc(OC2CCN(c3ccc(-c4cc(OCC)cn5ncc(C#N)c45)cn3)CC2)ccn1.C#Cc1cc(OC2CCN(c3ccc(-c4cc(OCC)cn5ncc(C#N)c45)cn3)CC2)ncn1. The van der Waals surface area contributed by atoms with Crippen LogP contribution in [0.15, 0.2) is 214 Å². The predicted molar refractivity (Wildman–Crippen MR) is 538 cm³/mol. The van der Waals surface area contributed by atoms with Crippen molar-refractivity contribution in [1.29, 1.82) is 21.0 Å². The molecule has 0 radical (unpaired) electrons. The van der Waals surface area contributed by atoms with Crippen LogP contribution < -0.4 is 62.2 Å². The van der Waals surface area contributed by atoms with E-state index in [0.717, 1.165) is 211 Å². The maximum Gasteiger partial charge on any atom is 0.217 e. The Balaban J connectivity index is 0.000000131. The van der Waals surface area contributed by atoms with Gasteiger partial charge in [0.2, 0.25) is 5.88 Å². The average molecular weight is 1910 g/mol. The minimum atomic E-state index is -0.420. The Bertz CT molecular complexity index is 7390. The quantitative estimate of drug-likeness (QED) is 0.0480. The Morgan fingerprint density at radius 2 is 0.671 bits per heavy atom. The van der Waals surface area contributed by atoms with Crippen LogP contribution in [0, 0.1) is 101 Å². The summed E-state index contributed by atoms with van der Waals surface area (Å²) in [6.07, 6.45) is 52.7. The van der Waals surface area contributed by atoms with Gasteiger partial charge in [-0.2, -0.15) is 41.4 Å². The lowest BCUT2D eigenvalue weighted by atomic mass is 10.0. The third-order valence-electron chi connectivity index (χ3n) is 24.6. The monoisotopic (exact) mass is 1900 g/mol. The van der Waals surface area contributed by atoms with Gasteiger partial charge in [-0.25, -0.2) is 57.3 Å². The van der Waals surface area contributed by atoms with E-state index in [1.54, 1.807) is 105 Å². The lowest BCUT2D eigenvalue weighted by Crippen LogP contribution is -2.38. The molecule has 0 unspecified atom stereocenters. The number of fused-ring (bicyclic) bond motifs is 4. The molecule has 4 aliphatic rings. The van der Waals surface area contributed by atoms with E-state index >= 15 is 0 Å². The Hall–Kier alpha value is -18.4. The molecule has 4 fully saturated rings. The molecule has 0 aliphatic carbocycles. The second kappa shape index (κ2) is 45.2. The molecule has 33 heteroatoms. The van der Waals surface area contributed by atoms with Gasteiger partial charge in [0, 0.05) is 203 Å². The summed E-state index contributed by atoms with van der Waals surface area (Å²) in [6.45, 7) is 16.4. The van der Waals surface area contributed by atoms with Crippen molar-refractivity contribution in [3.8, 4) is 170 Å². The van der Waals surface area contributed by atoms with E-state index in [4.69, 9.17) is 88.3 Å². The Kier molecular flexibility index (Phi) is 30.4. The molecule has 20 rings (SSSR count). The zero-order valence-corrected chi connectivity index (χ0v) is 79.3. The topological polar surface area (TPSA) is 351 Å². The first-order chi connectivity index (χ1) is 70.1. The van der Waals surface area contributed by atoms with Crippen LogP contribution in [0.1, 0.15) is 124 Å². The number of pyridine rings is 9. The maximum atomic E-state index is 13.6. The van der Waals surface area contributed by atoms with E-state index in [1.165, 1.54) is 12.4 Å². The number of nitriles is 4. The number of aromatic nitrogens is 15. The number of hydrogen-bond donors (Lipinski definition) is 0. The van der Waals surface area contributed by atoms with Crippen LogP contribution in [0.25, 0.3) is 66.6 Å². The highest BCUT2D eigenvalue weighted by Gasteiger charge is 2.29. The van der Waals surface area contributed by atoms with Gasteiger partial charge in [-0.05, 0) is 143 Å². The van der Waals surface area contributed by atoms with Crippen molar-refractivity contribution < 1.29 is 47.0 Å². The van der Waals surface area contributed by atoms with Crippen molar-refractivity contribution in [2.75, 3.05) is 105 Å². The fourth-order valence-electron chi connectivity index (χ4n) is 17.6. The highest BCUT2D eigenvalue weighted by atomic mass is 19.1. The summed E-state index contributed by atoms with van der Waals surface area (Å²) in [5.74, 6) is 19.2. The smallest absolute Gasteiger partial charge is 0.217 e. The maximum absolute atomic E-state index is 13.6. The number of halogens is 1. The average Bonchev–Trinajstić information content (AvgIpc) is 1.64. The molecule has 0 atom stereocenters. The molecule has 0 saturated carbocycles. The molecular weight excluding hydrogens is 1810 g/mol. The van der Waals surface area contributed by atoms with Crippen molar-refractivity contribution in [1.82, 2.24) is 73.3 Å². The molecule has 0 N–H and O–H groups in total. The van der Waals surface area contributed by atoms with Crippen LogP contribution in [-0.4, -0.2) is 184 Å². The number of rotatable bonds is 25. The Morgan fingerprint density at radius 1 is 0.329 bits per heavy atom. The molecule has 32 nitrogen and oxygen atoms in total. The lowest BCUT2D eigenvalue weighted by Gasteiger charge is -2.33. The third kappa shape index (κ3) is 22.5. The Labute approximate surface area is 826 Å². The molecule has 16 aromatic rings. The summed E-state index contributed by atoms with van der Waals surface area (Å²) in [4.78, 5) is 40.1. The molecule has 714 valence electrons. The molecule has 2 aromatic carbocycles. The van der Waals surface area contributed by atoms with E-state index in [0.29, 0.717) is 100 Å². The number of anilines is 4. The van der Waals surface area contributed by atoms with Gasteiger partial charge >= 0.3 is 0 Å². The van der Waals surface area contributed by atoms with Crippen LogP contribution >= 0.6 is 0 Å². The van der Waals surface area contributed by atoms with Crippen molar-refractivity contribution in [2.45, 2.75) is 103 Å². The molecule has 4 saturated heterocycles. The predicted octanol–water partition coefficient (Wildman–Crippen LogP) is 17.1. The molecule has 0 bridgehead atoms. The highest BCUT2D eigenvalue weighted by Crippen LogP contribution is 2.39. The summed E-state index contributed by atoms with van der Waals surface area (Å²) < 4.78 is 72.9. The first kappa shape index (κ1) is 96.3. The van der Waals surface area contributed by atoms with Crippen LogP contribution in [0.4, 0.5) is 27.7 Å². The van der Waals surface area contributed by atoms with Crippen LogP contribution in [0.3, 0.4) is 0 Å². The zero-order valence-electron chi connectivity index (χ0n) is 79.3. The van der Waals surface area contributed by atoms with E-state index < -0.39 is 5.82 Å². The fourth-order valence-corrected chi connectivity index (χ4v) is 17.6. The number of nitrogens with zero attached hydrogens (tertiary/aromatic N) is 23. The van der Waals surface area contributed by atoms with E-state index in [1.807, 2.05) is 150 Å². The largest absolute Gasteiger partial charge is 0.497 e. The number of benzene rings is 2. The molecule has 14 aromatic heterocycles. The molecule has 18 heterocycles. The van der Waals surface area contributed by atoms with Crippen molar-refractivity contribution in [3.05, 3.63) is 265 Å². The van der Waals surface area contributed by atoms with Gasteiger partial charge in [0.25, 0.3) is 0 Å². The lowest BCUT2D eigenvalue weighted by molar-refractivity contribution is 0.163. The summed E-state index contributed by atoms with van der Waals surface area (Å²) in [5, 5.41) is 55.5. The van der Waals surface area contributed by atoms with Gasteiger partial charge in [-0.3, -0.25) is 0 Å². The van der Waals surface area contributed by atoms with E-state index in [9.17, 15) is 25.4 Å². The van der Waals surface area contributed by atoms with Crippen molar-refractivity contribution in [3.63, 3.8) is 0 Å². The standard InChI is InChI=1S/C29H27N5O3.C28H24FN5O2.C27H24N6O2.C26H23N7O2/c1-4-20-12-24(35-3)14-25(13-20)37-23-8-10-33(11-9-23)28-7-6-21(17-31-28)27-15-26(36-5-2)19-34-29(27)22(16-30)18-32-34;1-3-19-13-23(6-7-26(19)29)36-22-9-11-33(12-10-22)27-8-5-20(16-31-27)25-14-24(35-4-2)18-34-28(25)21(15-30)17-32-34;1-3-21-13-23(7-10-29-21)35-22-8-11-32(12-9-22)26-6-5-19(16-30-26)25-14-24(34-4-2)18-33-27(25)20(15-28)17-31-33;1-3-20-11-25(30-17-29-20)35-21-7-9-32(10-8-21)24-6-5-18(14-28-24)23-12-22(34-4-2)16-33-26(23)19(13-27)15-31-33/h1,6-7,12-15,17-19,23H,5,8-11H2,2-3H3;1,5-8,13-14,16-18,22H,4,9-12H2,2H3;1,5-7,10,13-14,16-18,22H,4,8-9,11-12H2,2H3;1,5-6,11-12,14-17,21H,4,7-10H2,2H3. The van der Waals surface area contributed by atoms with Gasteiger partial charge in [0.1, 0.15) is 141 Å². The van der Waals surface area contributed by atoms with Crippen LogP contribution in [0.2, 0.25) is 0 Å². The summed E-state index contributed by atoms with van der Waals surface area (Å²) >= 11 is 0. The minimum Gasteiger partial charge on any atom is -0.497 e. The first-order valence-electron chi connectivity index (χ1n) is 46.9. The second-order valence-corrected chi connectivity index (χ2v) is 33.5. The third-order valence-corrected chi connectivity index (χ3v) is 24.6. The minimum absolute atomic E-state index is 0.0254. The number of ether oxygens (including phenoxy) is 9. The first-order valence-corrected chi connectivity index (χ1v) is 46.9. The molecular formula is C110H98FN23O9. The number of piperidine rings is 4. The van der Waals surface area contributed by atoms with Gasteiger partial charge in [0.05, 0.1) is 133 Å². The van der Waals surface area contributed by atoms with Gasteiger partial charge in [-0.15, -0.1) is 25.7 Å². The number of methoxy groups -OCH3 is 1. The molecule has 143 heavy (non-hydrogen) atoms. The molecule has 0 spiro atoms.